The minimum Gasteiger partial charge on any atom is -0.376 e. The molecule has 12 heteroatoms. The van der Waals surface area contributed by atoms with Crippen LogP contribution in [0.15, 0.2) is 36.5 Å². The third kappa shape index (κ3) is 6.22. The lowest BCUT2D eigenvalue weighted by Crippen LogP contribution is -2.49. The summed E-state index contributed by atoms with van der Waals surface area (Å²) in [6.07, 6.45) is 3.06. The van der Waals surface area contributed by atoms with E-state index in [1.807, 2.05) is 0 Å². The van der Waals surface area contributed by atoms with Gasteiger partial charge in [-0.15, -0.1) is 0 Å². The van der Waals surface area contributed by atoms with Gasteiger partial charge in [0, 0.05) is 31.5 Å². The monoisotopic (exact) mass is 535 g/mol. The van der Waals surface area contributed by atoms with Gasteiger partial charge < -0.3 is 29.8 Å². The molecule has 2 aromatic heterocycles. The molecule has 2 fully saturated rings. The van der Waals surface area contributed by atoms with Crippen molar-refractivity contribution in [2.45, 2.75) is 38.6 Å². The van der Waals surface area contributed by atoms with Crippen LogP contribution in [0, 0.1) is 22.6 Å². The summed E-state index contributed by atoms with van der Waals surface area (Å²) in [7, 11) is 0. The topological polar surface area (TPSA) is 147 Å². The molecule has 0 saturated carbocycles. The molecule has 1 amide bonds. The zero-order valence-electron chi connectivity index (χ0n) is 21.6. The van der Waals surface area contributed by atoms with E-state index >= 15 is 0 Å². The van der Waals surface area contributed by atoms with Gasteiger partial charge >= 0.3 is 0 Å². The first-order valence-corrected chi connectivity index (χ1v) is 12.9. The number of nitrogens with one attached hydrogen (secondary N) is 3. The summed E-state index contributed by atoms with van der Waals surface area (Å²) in [6, 6.07) is 9.76. The van der Waals surface area contributed by atoms with Crippen LogP contribution < -0.4 is 10.6 Å². The minimum absolute atomic E-state index is 0.0472. The number of rotatable bonds is 9. The summed E-state index contributed by atoms with van der Waals surface area (Å²) in [6.45, 7) is 3.67. The van der Waals surface area contributed by atoms with Crippen LogP contribution >= 0.6 is 0 Å². The molecular formula is C27H30FN7O4. The largest absolute Gasteiger partial charge is 0.376 e. The average molecular weight is 536 g/mol. The third-order valence-corrected chi connectivity index (χ3v) is 6.66. The Morgan fingerprint density at radius 1 is 1.21 bits per heavy atom. The number of hydrogen-bond acceptors (Lipinski definition) is 9. The number of hydrogen-bond donors (Lipinski definition) is 3. The summed E-state index contributed by atoms with van der Waals surface area (Å²) < 4.78 is 31.2. The fraction of sp³-hybridized carbons (Fsp3) is 0.444. The Labute approximate surface area is 225 Å². The lowest BCUT2D eigenvalue weighted by molar-refractivity contribution is -0.231. The van der Waals surface area contributed by atoms with Crippen LogP contribution in [0.5, 0.6) is 0 Å². The van der Waals surface area contributed by atoms with E-state index in [0.717, 1.165) is 19.4 Å². The molecule has 2 aliphatic heterocycles. The molecule has 204 valence electrons. The molecule has 1 unspecified atom stereocenters. The molecule has 3 N–H and O–H groups in total. The average Bonchev–Trinajstić information content (AvgIpc) is 3.64. The Morgan fingerprint density at radius 3 is 2.72 bits per heavy atom. The van der Waals surface area contributed by atoms with Crippen LogP contribution in [-0.2, 0) is 19.0 Å². The molecule has 2 saturated heterocycles. The standard InChI is InChI=1S/C27H30FN7O4/c1-27(25(36)32-14-19-4-2-13-37-19)15-38-24(39-16-27)23-34-21(17-5-7-18(28)8-6-17)22(35-23)20-9-12-31-26(33-20)30-11-3-10-29/h5-9,12,19,24H,2-4,11,13-16H2,1H3,(H,32,36)(H,34,35)(H,30,31,33). The second-order valence-electron chi connectivity index (χ2n) is 9.81. The number of nitriles is 1. The van der Waals surface area contributed by atoms with E-state index in [9.17, 15) is 9.18 Å². The van der Waals surface area contributed by atoms with Gasteiger partial charge in [0.2, 0.25) is 18.1 Å². The number of aromatic nitrogens is 4. The molecule has 4 heterocycles. The van der Waals surface area contributed by atoms with Crippen LogP contribution in [-0.4, -0.2) is 64.9 Å². The van der Waals surface area contributed by atoms with Gasteiger partial charge in [-0.25, -0.2) is 19.3 Å². The van der Waals surface area contributed by atoms with Crippen molar-refractivity contribution in [3.05, 3.63) is 48.2 Å². The number of carbonyl (C=O) groups is 1. The summed E-state index contributed by atoms with van der Waals surface area (Å²) >= 11 is 0. The number of anilines is 1. The van der Waals surface area contributed by atoms with Crippen LogP contribution in [0.3, 0.4) is 0 Å². The van der Waals surface area contributed by atoms with Gasteiger partial charge in [-0.2, -0.15) is 5.26 Å². The van der Waals surface area contributed by atoms with Crippen molar-refractivity contribution in [2.24, 2.45) is 5.41 Å². The third-order valence-electron chi connectivity index (χ3n) is 6.66. The normalized spacial score (nSPS) is 22.8. The second kappa shape index (κ2) is 11.9. The SMILES string of the molecule is CC1(C(=O)NCC2CCCO2)COC(c2nc(-c3ccc(F)cc3)c(-c3ccnc(NCCC#N)n3)[nH]2)OC1. The van der Waals surface area contributed by atoms with Crippen molar-refractivity contribution < 1.29 is 23.4 Å². The second-order valence-corrected chi connectivity index (χ2v) is 9.81. The molecule has 5 rings (SSSR count). The number of H-pyrrole nitrogens is 1. The van der Waals surface area contributed by atoms with E-state index < -0.39 is 11.7 Å². The Hall–Kier alpha value is -3.92. The van der Waals surface area contributed by atoms with E-state index in [4.69, 9.17) is 24.5 Å². The Bertz CT molecular complexity index is 1330. The fourth-order valence-electron chi connectivity index (χ4n) is 4.44. The first-order valence-electron chi connectivity index (χ1n) is 12.9. The van der Waals surface area contributed by atoms with E-state index in [2.05, 4.69) is 31.7 Å². The molecule has 0 spiro atoms. The Kier molecular flexibility index (Phi) is 8.11. The molecule has 3 aromatic rings. The number of halogens is 1. The molecular weight excluding hydrogens is 505 g/mol. The van der Waals surface area contributed by atoms with Gasteiger partial charge in [-0.05, 0) is 50.1 Å². The molecule has 11 nitrogen and oxygen atoms in total. The van der Waals surface area contributed by atoms with Gasteiger partial charge in [0.25, 0.3) is 0 Å². The van der Waals surface area contributed by atoms with Crippen molar-refractivity contribution in [3.63, 3.8) is 0 Å². The molecule has 39 heavy (non-hydrogen) atoms. The predicted octanol–water partition coefficient (Wildman–Crippen LogP) is 3.35. The maximum atomic E-state index is 13.6. The number of imidazole rings is 1. The van der Waals surface area contributed by atoms with Crippen molar-refractivity contribution in [3.8, 4) is 28.7 Å². The summed E-state index contributed by atoms with van der Waals surface area (Å²) in [5.41, 5.74) is 1.44. The smallest absolute Gasteiger partial charge is 0.230 e. The Balaban J connectivity index is 1.34. The van der Waals surface area contributed by atoms with Gasteiger partial charge in [0.15, 0.2) is 5.82 Å². The summed E-state index contributed by atoms with van der Waals surface area (Å²) in [4.78, 5) is 29.6. The summed E-state index contributed by atoms with van der Waals surface area (Å²) in [5.74, 6) is 0.238. The van der Waals surface area contributed by atoms with E-state index in [1.165, 1.54) is 12.1 Å². The predicted molar refractivity (Wildman–Crippen MR) is 138 cm³/mol. The van der Waals surface area contributed by atoms with Crippen LogP contribution in [0.25, 0.3) is 22.6 Å². The molecule has 0 bridgehead atoms. The molecule has 1 atom stereocenters. The maximum absolute atomic E-state index is 13.6. The highest BCUT2D eigenvalue weighted by molar-refractivity contribution is 5.82. The first-order chi connectivity index (χ1) is 18.9. The van der Waals surface area contributed by atoms with Gasteiger partial charge in [0.05, 0.1) is 54.3 Å². The number of carbonyl (C=O) groups excluding carboxylic acids is 1. The number of ether oxygens (including phenoxy) is 3. The van der Waals surface area contributed by atoms with E-state index in [-0.39, 0.29) is 31.0 Å². The highest BCUT2D eigenvalue weighted by atomic mass is 19.1. The van der Waals surface area contributed by atoms with Crippen LogP contribution in [0.4, 0.5) is 10.3 Å². The summed E-state index contributed by atoms with van der Waals surface area (Å²) in [5, 5.41) is 14.8. The van der Waals surface area contributed by atoms with Crippen molar-refractivity contribution in [1.82, 2.24) is 25.3 Å². The van der Waals surface area contributed by atoms with Gasteiger partial charge in [-0.1, -0.05) is 0 Å². The lowest BCUT2D eigenvalue weighted by Gasteiger charge is -2.35. The highest BCUT2D eigenvalue weighted by Gasteiger charge is 2.41. The number of nitrogens with zero attached hydrogens (tertiary/aromatic N) is 4. The quantitative estimate of drug-likeness (QED) is 0.351. The fourth-order valence-corrected chi connectivity index (χ4v) is 4.44. The van der Waals surface area contributed by atoms with E-state index in [0.29, 0.717) is 53.9 Å². The van der Waals surface area contributed by atoms with E-state index in [1.54, 1.807) is 31.3 Å². The zero-order chi connectivity index (χ0) is 27.2. The first kappa shape index (κ1) is 26.7. The Morgan fingerprint density at radius 2 is 2.00 bits per heavy atom. The zero-order valence-corrected chi connectivity index (χ0v) is 21.6. The van der Waals surface area contributed by atoms with Gasteiger partial charge in [0.1, 0.15) is 5.82 Å². The van der Waals surface area contributed by atoms with Crippen LogP contribution in [0.2, 0.25) is 0 Å². The van der Waals surface area contributed by atoms with Crippen molar-refractivity contribution >= 4 is 11.9 Å². The lowest BCUT2D eigenvalue weighted by atomic mass is 9.91. The minimum atomic E-state index is -0.860. The maximum Gasteiger partial charge on any atom is 0.230 e. The van der Waals surface area contributed by atoms with Gasteiger partial charge in [-0.3, -0.25) is 4.79 Å². The number of benzene rings is 1. The number of aromatic amines is 1. The van der Waals surface area contributed by atoms with Crippen LogP contribution in [0.1, 0.15) is 38.3 Å². The molecule has 0 aliphatic carbocycles. The molecule has 2 aliphatic rings. The van der Waals surface area contributed by atoms with Crippen molar-refractivity contribution in [2.75, 3.05) is 38.2 Å². The molecule has 0 radical (unpaired) electrons. The number of amides is 1. The highest BCUT2D eigenvalue weighted by Crippen LogP contribution is 2.35. The van der Waals surface area contributed by atoms with Crippen molar-refractivity contribution in [1.29, 1.82) is 5.26 Å². The molecule has 1 aromatic carbocycles.